The molecule has 1 aliphatic heterocycles. The topological polar surface area (TPSA) is 145 Å². The highest BCUT2D eigenvalue weighted by Gasteiger charge is 2.24. The van der Waals surface area contributed by atoms with E-state index in [0.717, 1.165) is 39.2 Å². The van der Waals surface area contributed by atoms with Crippen molar-refractivity contribution < 1.29 is 23.4 Å². The smallest absolute Gasteiger partial charge is 0.251 e. The Morgan fingerprint density at radius 3 is 2.57 bits per heavy atom. The van der Waals surface area contributed by atoms with Gasteiger partial charge in [0.2, 0.25) is 10.0 Å². The van der Waals surface area contributed by atoms with Gasteiger partial charge < -0.3 is 26.6 Å². The number of nitrogens with one attached hydrogen (secondary N) is 2. The van der Waals surface area contributed by atoms with E-state index in [4.69, 9.17) is 10.8 Å². The van der Waals surface area contributed by atoms with Crippen molar-refractivity contribution in [2.45, 2.75) is 25.6 Å². The van der Waals surface area contributed by atoms with Gasteiger partial charge in [-0.2, -0.15) is 4.31 Å². The summed E-state index contributed by atoms with van der Waals surface area (Å²) in [5.74, 6) is -0.336. The molecule has 0 radical (unpaired) electrons. The molecular weight excluding hydrogens is 492 g/mol. The third-order valence-electron chi connectivity index (χ3n) is 6.48. The second-order valence-corrected chi connectivity index (χ2v) is 11.1. The molecule has 1 atom stereocenters. The van der Waals surface area contributed by atoms with E-state index in [1.54, 1.807) is 12.1 Å². The summed E-state index contributed by atoms with van der Waals surface area (Å²) < 4.78 is 25.5. The van der Waals surface area contributed by atoms with E-state index in [1.165, 1.54) is 10.6 Å². The minimum absolute atomic E-state index is 0.0302. The number of aliphatic hydroxyl groups is 2. The largest absolute Gasteiger partial charge is 0.394 e. The number of aliphatic hydroxyl groups excluding tert-OH is 2. The molecule has 0 bridgehead atoms. The SMILES string of the molecule is CS(=O)(=O)N1CCc2c(cccc2Nc2ccc(CN)c(-c3ccc(C(=O)NCC(O)CO)cc3)c2)C1. The third-order valence-corrected chi connectivity index (χ3v) is 7.73. The lowest BCUT2D eigenvalue weighted by Crippen LogP contribution is -2.35. The van der Waals surface area contributed by atoms with Crippen molar-refractivity contribution in [3.8, 4) is 11.1 Å². The van der Waals surface area contributed by atoms with Gasteiger partial charge in [0.25, 0.3) is 5.91 Å². The highest BCUT2D eigenvalue weighted by atomic mass is 32.2. The number of benzene rings is 3. The van der Waals surface area contributed by atoms with Gasteiger partial charge in [0, 0.05) is 43.1 Å². The van der Waals surface area contributed by atoms with Gasteiger partial charge in [-0.05, 0) is 64.6 Å². The molecule has 0 saturated carbocycles. The van der Waals surface area contributed by atoms with Crippen LogP contribution in [0.1, 0.15) is 27.0 Å². The number of carbonyl (C=O) groups excluding carboxylic acids is 1. The van der Waals surface area contributed by atoms with E-state index in [-0.39, 0.29) is 12.5 Å². The van der Waals surface area contributed by atoms with Crippen molar-refractivity contribution in [1.82, 2.24) is 9.62 Å². The summed E-state index contributed by atoms with van der Waals surface area (Å²) in [6.07, 6.45) is 0.860. The maximum atomic E-state index is 12.3. The van der Waals surface area contributed by atoms with Crippen LogP contribution in [0.3, 0.4) is 0 Å². The summed E-state index contributed by atoms with van der Waals surface area (Å²) in [4.78, 5) is 12.3. The van der Waals surface area contributed by atoms with Gasteiger partial charge in [-0.25, -0.2) is 8.42 Å². The van der Waals surface area contributed by atoms with E-state index in [2.05, 4.69) is 10.6 Å². The van der Waals surface area contributed by atoms with E-state index < -0.39 is 22.7 Å². The summed E-state index contributed by atoms with van der Waals surface area (Å²) in [6, 6.07) is 18.9. The first-order valence-electron chi connectivity index (χ1n) is 12.0. The number of sulfonamides is 1. The van der Waals surface area contributed by atoms with Crippen LogP contribution < -0.4 is 16.4 Å². The highest BCUT2D eigenvalue weighted by Crippen LogP contribution is 2.32. The molecule has 9 nitrogen and oxygen atoms in total. The lowest BCUT2D eigenvalue weighted by molar-refractivity contribution is 0.0802. The predicted molar refractivity (Wildman–Crippen MR) is 144 cm³/mol. The van der Waals surface area contributed by atoms with Gasteiger partial charge in [0.1, 0.15) is 0 Å². The molecule has 0 aliphatic carbocycles. The quantitative estimate of drug-likeness (QED) is 0.288. The highest BCUT2D eigenvalue weighted by molar-refractivity contribution is 7.88. The molecule has 10 heteroatoms. The van der Waals surface area contributed by atoms with Crippen LogP contribution >= 0.6 is 0 Å². The van der Waals surface area contributed by atoms with Crippen LogP contribution in [0.4, 0.5) is 11.4 Å². The number of hydrogen-bond donors (Lipinski definition) is 5. The number of carbonyl (C=O) groups is 1. The standard InChI is InChI=1S/C27H32N4O5S/c1-37(35,36)31-12-11-24-21(16-31)3-2-4-26(24)30-22-10-9-20(14-28)25(13-22)18-5-7-19(8-6-18)27(34)29-15-23(33)17-32/h2-10,13,23,30,32-33H,11-12,14-17,28H2,1H3,(H,29,34). The zero-order valence-electron chi connectivity index (χ0n) is 20.6. The average Bonchev–Trinajstić information content (AvgIpc) is 2.91. The number of amides is 1. The van der Waals surface area contributed by atoms with Crippen LogP contribution in [-0.2, 0) is 29.5 Å². The third kappa shape index (κ3) is 6.35. The summed E-state index contributed by atoms with van der Waals surface area (Å²) in [5, 5.41) is 24.4. The van der Waals surface area contributed by atoms with Crippen LogP contribution in [-0.4, -0.2) is 60.9 Å². The van der Waals surface area contributed by atoms with E-state index >= 15 is 0 Å². The monoisotopic (exact) mass is 524 g/mol. The molecule has 1 unspecified atom stereocenters. The molecule has 0 fully saturated rings. The Balaban J connectivity index is 1.56. The number of fused-ring (bicyclic) bond motifs is 1. The van der Waals surface area contributed by atoms with Crippen molar-refractivity contribution in [3.63, 3.8) is 0 Å². The second kappa shape index (κ2) is 11.4. The van der Waals surface area contributed by atoms with Crippen LogP contribution in [0.5, 0.6) is 0 Å². The summed E-state index contributed by atoms with van der Waals surface area (Å²) in [5.41, 5.74) is 13.1. The fraction of sp³-hybridized carbons (Fsp3) is 0.296. The number of nitrogens with two attached hydrogens (primary N) is 1. The Hall–Kier alpha value is -3.28. The number of hydrogen-bond acceptors (Lipinski definition) is 7. The van der Waals surface area contributed by atoms with Crippen molar-refractivity contribution in [2.24, 2.45) is 5.73 Å². The second-order valence-electron chi connectivity index (χ2n) is 9.11. The maximum absolute atomic E-state index is 12.3. The van der Waals surface area contributed by atoms with Gasteiger partial charge in [0.05, 0.1) is 19.0 Å². The first kappa shape index (κ1) is 26.8. The molecule has 196 valence electrons. The maximum Gasteiger partial charge on any atom is 0.251 e. The molecule has 6 N–H and O–H groups in total. The first-order valence-corrected chi connectivity index (χ1v) is 13.9. The van der Waals surface area contributed by atoms with Crippen LogP contribution in [0.25, 0.3) is 11.1 Å². The Morgan fingerprint density at radius 1 is 1.14 bits per heavy atom. The molecule has 4 rings (SSSR count). The average molecular weight is 525 g/mol. The molecule has 1 aliphatic rings. The Labute approximate surface area is 217 Å². The van der Waals surface area contributed by atoms with Gasteiger partial charge in [0.15, 0.2) is 0 Å². The zero-order chi connectivity index (χ0) is 26.6. The van der Waals surface area contributed by atoms with Crippen LogP contribution in [0.2, 0.25) is 0 Å². The minimum Gasteiger partial charge on any atom is -0.394 e. The molecule has 1 amide bonds. The van der Waals surface area contributed by atoms with Crippen LogP contribution in [0, 0.1) is 0 Å². The molecule has 3 aromatic rings. The number of rotatable bonds is 9. The predicted octanol–water partition coefficient (Wildman–Crippen LogP) is 1.96. The molecule has 0 saturated heterocycles. The zero-order valence-corrected chi connectivity index (χ0v) is 21.5. The number of nitrogens with zero attached hydrogens (tertiary/aromatic N) is 1. The number of anilines is 2. The van der Waals surface area contributed by atoms with Gasteiger partial charge in [-0.15, -0.1) is 0 Å². The van der Waals surface area contributed by atoms with Crippen molar-refractivity contribution in [2.75, 3.05) is 31.3 Å². The summed E-state index contributed by atoms with van der Waals surface area (Å²) in [7, 11) is -3.25. The Morgan fingerprint density at radius 2 is 1.89 bits per heavy atom. The van der Waals surface area contributed by atoms with Crippen molar-refractivity contribution in [3.05, 3.63) is 82.9 Å². The summed E-state index contributed by atoms with van der Waals surface area (Å²) in [6.45, 7) is 0.702. The minimum atomic E-state index is -3.25. The molecule has 0 spiro atoms. The van der Waals surface area contributed by atoms with Crippen LogP contribution in [0.15, 0.2) is 60.7 Å². The van der Waals surface area contributed by atoms with Gasteiger partial charge in [-0.1, -0.05) is 30.3 Å². The molecule has 0 aromatic heterocycles. The molecule has 3 aromatic carbocycles. The fourth-order valence-corrected chi connectivity index (χ4v) is 5.22. The molecule has 37 heavy (non-hydrogen) atoms. The van der Waals surface area contributed by atoms with Crippen molar-refractivity contribution >= 4 is 27.3 Å². The molecule has 1 heterocycles. The van der Waals surface area contributed by atoms with E-state index in [9.17, 15) is 18.3 Å². The lowest BCUT2D eigenvalue weighted by atomic mass is 9.96. The normalized spacial score (nSPS) is 14.6. The van der Waals surface area contributed by atoms with E-state index in [1.807, 2.05) is 48.5 Å². The Bertz CT molecular complexity index is 1380. The van der Waals surface area contributed by atoms with E-state index in [0.29, 0.717) is 31.6 Å². The van der Waals surface area contributed by atoms with Crippen molar-refractivity contribution in [1.29, 1.82) is 0 Å². The van der Waals surface area contributed by atoms with Gasteiger partial charge in [-0.3, -0.25) is 4.79 Å². The van der Waals surface area contributed by atoms with Gasteiger partial charge >= 0.3 is 0 Å². The summed E-state index contributed by atoms with van der Waals surface area (Å²) >= 11 is 0. The first-order chi connectivity index (χ1) is 17.7. The fourth-order valence-electron chi connectivity index (χ4n) is 4.42. The molecular formula is C27H32N4O5S. The Kier molecular flexibility index (Phi) is 8.25. The lowest BCUT2D eigenvalue weighted by Gasteiger charge is -2.28.